The van der Waals surface area contributed by atoms with Gasteiger partial charge in [0, 0.05) is 12.0 Å². The molecule has 0 saturated carbocycles. The van der Waals surface area contributed by atoms with E-state index in [1.165, 1.54) is 18.2 Å². The third-order valence-electron chi connectivity index (χ3n) is 2.93. The van der Waals surface area contributed by atoms with Crippen LogP contribution in [0.3, 0.4) is 0 Å². The molecule has 0 aliphatic rings. The van der Waals surface area contributed by atoms with Crippen LogP contribution in [0.25, 0.3) is 12.2 Å². The summed E-state index contributed by atoms with van der Waals surface area (Å²) >= 11 is 0. The summed E-state index contributed by atoms with van der Waals surface area (Å²) in [7, 11) is 0. The first-order valence-electron chi connectivity index (χ1n) is 6.58. The fraction of sp³-hybridized carbons (Fsp3) is 0.188. The number of aromatic carboxylic acids is 1. The molecule has 0 unspecified atom stereocenters. The highest BCUT2D eigenvalue weighted by atomic mass is 16.4. The van der Waals surface area contributed by atoms with E-state index in [0.29, 0.717) is 11.5 Å². The Hall–Kier alpha value is -2.69. The molecule has 108 valence electrons. The number of hydrogen-bond donors (Lipinski definition) is 2. The van der Waals surface area contributed by atoms with Gasteiger partial charge in [0.25, 0.3) is 5.56 Å². The maximum Gasteiger partial charge on any atom is 0.335 e. The summed E-state index contributed by atoms with van der Waals surface area (Å²) in [6.45, 7) is 3.91. The number of carboxylic acids is 1. The molecule has 1 aromatic carbocycles. The molecule has 0 aliphatic carbocycles. The third-order valence-corrected chi connectivity index (χ3v) is 2.93. The van der Waals surface area contributed by atoms with Crippen LogP contribution in [0.2, 0.25) is 0 Å². The SMILES string of the molecule is CC(C)c1nc(/C=C/c2ccc(C(=O)O)cc2)cc(=O)[nH]1. The van der Waals surface area contributed by atoms with Crippen LogP contribution in [-0.2, 0) is 0 Å². The van der Waals surface area contributed by atoms with Crippen LogP contribution >= 0.6 is 0 Å². The Kier molecular flexibility index (Phi) is 4.33. The van der Waals surface area contributed by atoms with E-state index >= 15 is 0 Å². The Balaban J connectivity index is 2.24. The van der Waals surface area contributed by atoms with Crippen LogP contribution < -0.4 is 5.56 Å². The summed E-state index contributed by atoms with van der Waals surface area (Å²) in [5.41, 5.74) is 1.47. The van der Waals surface area contributed by atoms with Crippen molar-refractivity contribution in [3.63, 3.8) is 0 Å². The van der Waals surface area contributed by atoms with Gasteiger partial charge in [-0.3, -0.25) is 4.79 Å². The number of nitrogens with one attached hydrogen (secondary N) is 1. The van der Waals surface area contributed by atoms with Crippen molar-refractivity contribution in [3.8, 4) is 0 Å². The highest BCUT2D eigenvalue weighted by Gasteiger charge is 2.03. The summed E-state index contributed by atoms with van der Waals surface area (Å²) < 4.78 is 0. The van der Waals surface area contributed by atoms with Gasteiger partial charge in [0.1, 0.15) is 5.82 Å². The lowest BCUT2D eigenvalue weighted by atomic mass is 10.1. The number of aromatic amines is 1. The average Bonchev–Trinajstić information content (AvgIpc) is 2.45. The molecule has 0 amide bonds. The Morgan fingerprint density at radius 3 is 2.48 bits per heavy atom. The molecule has 21 heavy (non-hydrogen) atoms. The minimum absolute atomic E-state index is 0.140. The quantitative estimate of drug-likeness (QED) is 0.904. The smallest absolute Gasteiger partial charge is 0.335 e. The molecule has 1 aromatic heterocycles. The second-order valence-electron chi connectivity index (χ2n) is 4.97. The van der Waals surface area contributed by atoms with Gasteiger partial charge in [-0.25, -0.2) is 9.78 Å². The second kappa shape index (κ2) is 6.17. The van der Waals surface area contributed by atoms with E-state index in [1.54, 1.807) is 24.3 Å². The number of rotatable bonds is 4. The molecular weight excluding hydrogens is 268 g/mol. The number of benzene rings is 1. The van der Waals surface area contributed by atoms with Gasteiger partial charge in [0.2, 0.25) is 0 Å². The molecule has 0 spiro atoms. The Morgan fingerprint density at radius 1 is 1.24 bits per heavy atom. The fourth-order valence-electron chi connectivity index (χ4n) is 1.77. The molecule has 2 rings (SSSR count). The van der Waals surface area contributed by atoms with E-state index in [4.69, 9.17) is 5.11 Å². The summed E-state index contributed by atoms with van der Waals surface area (Å²) in [4.78, 5) is 29.4. The minimum atomic E-state index is -0.955. The number of aromatic nitrogens is 2. The molecule has 0 radical (unpaired) electrons. The minimum Gasteiger partial charge on any atom is -0.478 e. The highest BCUT2D eigenvalue weighted by Crippen LogP contribution is 2.10. The highest BCUT2D eigenvalue weighted by molar-refractivity contribution is 5.88. The maximum absolute atomic E-state index is 11.6. The van der Waals surface area contributed by atoms with Crippen molar-refractivity contribution < 1.29 is 9.90 Å². The van der Waals surface area contributed by atoms with Crippen LogP contribution in [0.4, 0.5) is 0 Å². The zero-order chi connectivity index (χ0) is 15.4. The standard InChI is InChI=1S/C16H16N2O3/c1-10(2)15-17-13(9-14(19)18-15)8-5-11-3-6-12(7-4-11)16(20)21/h3-10H,1-2H3,(H,20,21)(H,17,18,19)/b8-5+. The number of nitrogens with zero attached hydrogens (tertiary/aromatic N) is 1. The van der Waals surface area contributed by atoms with Crippen LogP contribution in [0, 0.1) is 0 Å². The van der Waals surface area contributed by atoms with E-state index in [9.17, 15) is 9.59 Å². The normalized spacial score (nSPS) is 11.2. The lowest BCUT2D eigenvalue weighted by Gasteiger charge is -2.04. The van der Waals surface area contributed by atoms with Crippen LogP contribution in [0.15, 0.2) is 35.1 Å². The van der Waals surface area contributed by atoms with Gasteiger partial charge in [-0.15, -0.1) is 0 Å². The van der Waals surface area contributed by atoms with Crippen molar-refractivity contribution in [2.24, 2.45) is 0 Å². The lowest BCUT2D eigenvalue weighted by molar-refractivity contribution is 0.0697. The molecule has 5 nitrogen and oxygen atoms in total. The third kappa shape index (κ3) is 3.89. The predicted octanol–water partition coefficient (Wildman–Crippen LogP) is 2.76. The van der Waals surface area contributed by atoms with E-state index in [-0.39, 0.29) is 17.0 Å². The van der Waals surface area contributed by atoms with Crippen molar-refractivity contribution in [2.45, 2.75) is 19.8 Å². The Bertz CT molecular complexity index is 728. The molecule has 0 aliphatic heterocycles. The zero-order valence-electron chi connectivity index (χ0n) is 11.8. The van der Waals surface area contributed by atoms with E-state index in [0.717, 1.165) is 5.56 Å². The molecule has 0 bridgehead atoms. The lowest BCUT2D eigenvalue weighted by Crippen LogP contribution is -2.12. The summed E-state index contributed by atoms with van der Waals surface area (Å²) in [5.74, 6) is -0.173. The maximum atomic E-state index is 11.6. The number of H-pyrrole nitrogens is 1. The van der Waals surface area contributed by atoms with Gasteiger partial charge in [-0.05, 0) is 23.8 Å². The fourth-order valence-corrected chi connectivity index (χ4v) is 1.77. The van der Waals surface area contributed by atoms with E-state index in [1.807, 2.05) is 13.8 Å². The molecule has 0 saturated heterocycles. The molecule has 1 heterocycles. The van der Waals surface area contributed by atoms with Crippen molar-refractivity contribution in [1.29, 1.82) is 0 Å². The number of hydrogen-bond acceptors (Lipinski definition) is 3. The summed E-state index contributed by atoms with van der Waals surface area (Å²) in [5, 5.41) is 8.83. The largest absolute Gasteiger partial charge is 0.478 e. The first-order chi connectivity index (χ1) is 9.95. The van der Waals surface area contributed by atoms with Gasteiger partial charge < -0.3 is 10.1 Å². The van der Waals surface area contributed by atoms with Gasteiger partial charge in [-0.1, -0.05) is 32.1 Å². The molecular formula is C16H16N2O3. The number of carboxylic acid groups (broad SMARTS) is 1. The predicted molar refractivity (Wildman–Crippen MR) is 81.3 cm³/mol. The van der Waals surface area contributed by atoms with Gasteiger partial charge in [0.15, 0.2) is 0 Å². The van der Waals surface area contributed by atoms with Crippen molar-refractivity contribution in [1.82, 2.24) is 9.97 Å². The Labute approximate surface area is 122 Å². The Morgan fingerprint density at radius 2 is 1.90 bits per heavy atom. The molecule has 5 heteroatoms. The summed E-state index contributed by atoms with van der Waals surface area (Å²) in [6.07, 6.45) is 3.52. The van der Waals surface area contributed by atoms with E-state index < -0.39 is 5.97 Å². The monoisotopic (exact) mass is 284 g/mol. The van der Waals surface area contributed by atoms with E-state index in [2.05, 4.69) is 9.97 Å². The van der Waals surface area contributed by atoms with Crippen molar-refractivity contribution in [3.05, 3.63) is 63.3 Å². The van der Waals surface area contributed by atoms with Gasteiger partial charge >= 0.3 is 5.97 Å². The second-order valence-corrected chi connectivity index (χ2v) is 4.97. The van der Waals surface area contributed by atoms with Crippen LogP contribution in [0.1, 0.15) is 47.2 Å². The molecule has 2 aromatic rings. The van der Waals surface area contributed by atoms with Crippen LogP contribution in [-0.4, -0.2) is 21.0 Å². The zero-order valence-corrected chi connectivity index (χ0v) is 11.8. The van der Waals surface area contributed by atoms with Crippen molar-refractivity contribution >= 4 is 18.1 Å². The van der Waals surface area contributed by atoms with Gasteiger partial charge in [0.05, 0.1) is 11.3 Å². The van der Waals surface area contributed by atoms with Crippen LogP contribution in [0.5, 0.6) is 0 Å². The first-order valence-corrected chi connectivity index (χ1v) is 6.58. The molecule has 0 atom stereocenters. The number of carbonyl (C=O) groups is 1. The molecule has 2 N–H and O–H groups in total. The first kappa shape index (κ1) is 14.7. The van der Waals surface area contributed by atoms with Gasteiger partial charge in [-0.2, -0.15) is 0 Å². The average molecular weight is 284 g/mol. The van der Waals surface area contributed by atoms with Crippen molar-refractivity contribution in [2.75, 3.05) is 0 Å². The summed E-state index contributed by atoms with van der Waals surface area (Å²) in [6, 6.07) is 7.90. The molecule has 0 fully saturated rings. The topological polar surface area (TPSA) is 83.0 Å².